The molecule has 0 aliphatic carbocycles. The molecule has 0 saturated carbocycles. The first kappa shape index (κ1) is 17.2. The lowest BCUT2D eigenvalue weighted by Gasteiger charge is -2.31. The van der Waals surface area contributed by atoms with Gasteiger partial charge >= 0.3 is 0 Å². The average Bonchev–Trinajstić information content (AvgIpc) is 3.21. The fourth-order valence-corrected chi connectivity index (χ4v) is 3.03. The maximum Gasteiger partial charge on any atom is 0.253 e. The van der Waals surface area contributed by atoms with Crippen LogP contribution in [0, 0.1) is 5.92 Å². The zero-order valence-corrected chi connectivity index (χ0v) is 13.9. The van der Waals surface area contributed by atoms with E-state index in [0.717, 1.165) is 0 Å². The second-order valence-electron chi connectivity index (χ2n) is 6.21. The number of furan rings is 1. The molecule has 1 atom stereocenters. The van der Waals surface area contributed by atoms with Crippen LogP contribution in [0.3, 0.4) is 0 Å². The Bertz CT molecular complexity index is 691. The van der Waals surface area contributed by atoms with Crippen LogP contribution in [0.5, 0.6) is 0 Å². The number of piperidine rings is 1. The fourth-order valence-electron chi connectivity index (χ4n) is 3.03. The van der Waals surface area contributed by atoms with Crippen molar-refractivity contribution in [2.75, 3.05) is 19.6 Å². The van der Waals surface area contributed by atoms with Crippen LogP contribution in [0.25, 0.3) is 0 Å². The topological polar surface area (TPSA) is 82.8 Å². The summed E-state index contributed by atoms with van der Waals surface area (Å²) in [5.41, 5.74) is 0.673. The van der Waals surface area contributed by atoms with Gasteiger partial charge in [0.15, 0.2) is 0 Å². The van der Waals surface area contributed by atoms with Gasteiger partial charge in [0, 0.05) is 24.6 Å². The molecule has 1 aliphatic heterocycles. The molecule has 1 aromatic heterocycles. The SMILES string of the molecule is O=C(NC[C@@H](O)c1ccco1)C1CCN(C(=O)c2ccccc2)CC1. The van der Waals surface area contributed by atoms with E-state index in [9.17, 15) is 14.7 Å². The molecule has 6 nitrogen and oxygen atoms in total. The lowest BCUT2D eigenvalue weighted by Crippen LogP contribution is -2.43. The number of hydrogen-bond acceptors (Lipinski definition) is 4. The molecule has 1 saturated heterocycles. The minimum atomic E-state index is -0.848. The van der Waals surface area contributed by atoms with Gasteiger partial charge in [-0.15, -0.1) is 0 Å². The first-order valence-corrected chi connectivity index (χ1v) is 8.48. The molecule has 6 heteroatoms. The van der Waals surface area contributed by atoms with Gasteiger partial charge < -0.3 is 19.7 Å². The first-order valence-electron chi connectivity index (χ1n) is 8.48. The molecule has 25 heavy (non-hydrogen) atoms. The molecule has 2 N–H and O–H groups in total. The van der Waals surface area contributed by atoms with E-state index < -0.39 is 6.10 Å². The smallest absolute Gasteiger partial charge is 0.253 e. The molecule has 2 heterocycles. The van der Waals surface area contributed by atoms with Gasteiger partial charge in [-0.25, -0.2) is 0 Å². The average molecular weight is 342 g/mol. The van der Waals surface area contributed by atoms with E-state index in [4.69, 9.17) is 4.42 Å². The number of carbonyl (C=O) groups is 2. The van der Waals surface area contributed by atoms with E-state index in [1.807, 2.05) is 18.2 Å². The number of benzene rings is 1. The molecular weight excluding hydrogens is 320 g/mol. The summed E-state index contributed by atoms with van der Waals surface area (Å²) in [5.74, 6) is 0.220. The van der Waals surface area contributed by atoms with Gasteiger partial charge in [-0.2, -0.15) is 0 Å². The first-order chi connectivity index (χ1) is 12.1. The van der Waals surface area contributed by atoms with E-state index in [2.05, 4.69) is 5.32 Å². The summed E-state index contributed by atoms with van der Waals surface area (Å²) in [6.45, 7) is 1.24. The highest BCUT2D eigenvalue weighted by atomic mass is 16.4. The molecule has 3 rings (SSSR count). The quantitative estimate of drug-likeness (QED) is 0.870. The number of rotatable bonds is 5. The number of hydrogen-bond donors (Lipinski definition) is 2. The van der Waals surface area contributed by atoms with Gasteiger partial charge in [0.25, 0.3) is 5.91 Å². The fraction of sp³-hybridized carbons (Fsp3) is 0.368. The van der Waals surface area contributed by atoms with Crippen molar-refractivity contribution in [1.29, 1.82) is 0 Å². The van der Waals surface area contributed by atoms with Gasteiger partial charge in [0.1, 0.15) is 11.9 Å². The maximum atomic E-state index is 12.4. The number of aliphatic hydroxyl groups is 1. The van der Waals surface area contributed by atoms with Crippen LogP contribution >= 0.6 is 0 Å². The van der Waals surface area contributed by atoms with Crippen molar-refractivity contribution in [2.45, 2.75) is 18.9 Å². The number of carbonyl (C=O) groups excluding carboxylic acids is 2. The van der Waals surface area contributed by atoms with Gasteiger partial charge in [0.05, 0.1) is 12.8 Å². The Hall–Kier alpha value is -2.60. The van der Waals surface area contributed by atoms with Crippen molar-refractivity contribution in [3.8, 4) is 0 Å². The van der Waals surface area contributed by atoms with Crippen molar-refractivity contribution in [2.24, 2.45) is 5.92 Å². The number of nitrogens with one attached hydrogen (secondary N) is 1. The van der Waals surface area contributed by atoms with Crippen LogP contribution in [0.1, 0.15) is 35.1 Å². The second-order valence-corrected chi connectivity index (χ2v) is 6.21. The Morgan fingerprint density at radius 1 is 1.16 bits per heavy atom. The Balaban J connectivity index is 1.45. The molecule has 0 bridgehead atoms. The van der Waals surface area contributed by atoms with Crippen LogP contribution < -0.4 is 5.32 Å². The Kier molecular flexibility index (Phi) is 5.50. The summed E-state index contributed by atoms with van der Waals surface area (Å²) in [6, 6.07) is 12.5. The van der Waals surface area contributed by atoms with Crippen LogP contribution in [-0.2, 0) is 4.79 Å². The highest BCUT2D eigenvalue weighted by Gasteiger charge is 2.28. The van der Waals surface area contributed by atoms with Gasteiger partial charge in [-0.1, -0.05) is 18.2 Å². The minimum Gasteiger partial charge on any atom is -0.467 e. The normalized spacial score (nSPS) is 16.4. The molecular formula is C19H22N2O4. The second kappa shape index (κ2) is 7.98. The van der Waals surface area contributed by atoms with E-state index in [0.29, 0.717) is 37.3 Å². The lowest BCUT2D eigenvalue weighted by atomic mass is 9.95. The number of likely N-dealkylation sites (tertiary alicyclic amines) is 1. The molecule has 1 aliphatic rings. The summed E-state index contributed by atoms with van der Waals surface area (Å²) in [7, 11) is 0. The molecule has 1 aromatic carbocycles. The largest absolute Gasteiger partial charge is 0.467 e. The van der Waals surface area contributed by atoms with Crippen LogP contribution in [0.15, 0.2) is 53.1 Å². The summed E-state index contributed by atoms with van der Waals surface area (Å²) in [6.07, 6.45) is 1.89. The van der Waals surface area contributed by atoms with Crippen LogP contribution in [0.4, 0.5) is 0 Å². The predicted molar refractivity (Wildman–Crippen MR) is 91.7 cm³/mol. The van der Waals surface area contributed by atoms with Crippen molar-refractivity contribution in [1.82, 2.24) is 10.2 Å². The monoisotopic (exact) mass is 342 g/mol. The highest BCUT2D eigenvalue weighted by molar-refractivity contribution is 5.94. The highest BCUT2D eigenvalue weighted by Crippen LogP contribution is 2.20. The van der Waals surface area contributed by atoms with Crippen molar-refractivity contribution < 1.29 is 19.1 Å². The van der Waals surface area contributed by atoms with Gasteiger partial charge in [0.2, 0.25) is 5.91 Å². The number of aliphatic hydroxyl groups excluding tert-OH is 1. The zero-order valence-electron chi connectivity index (χ0n) is 13.9. The van der Waals surface area contributed by atoms with Gasteiger partial charge in [-0.05, 0) is 37.1 Å². The molecule has 0 radical (unpaired) electrons. The van der Waals surface area contributed by atoms with Crippen molar-refractivity contribution in [3.05, 3.63) is 60.1 Å². The molecule has 2 aromatic rings. The predicted octanol–water partition coefficient (Wildman–Crippen LogP) is 1.98. The Labute approximate surface area is 146 Å². The number of nitrogens with zero attached hydrogens (tertiary/aromatic N) is 1. The molecule has 0 spiro atoms. The summed E-state index contributed by atoms with van der Waals surface area (Å²) in [5, 5.41) is 12.7. The standard InChI is InChI=1S/C19H22N2O4/c22-16(17-7-4-12-25-17)13-20-18(23)14-8-10-21(11-9-14)19(24)15-5-2-1-3-6-15/h1-7,12,14,16,22H,8-11,13H2,(H,20,23)/t16-/m1/s1. The third-order valence-electron chi connectivity index (χ3n) is 4.51. The van der Waals surface area contributed by atoms with E-state index >= 15 is 0 Å². The van der Waals surface area contributed by atoms with Gasteiger partial charge in [-0.3, -0.25) is 9.59 Å². The third kappa shape index (κ3) is 4.28. The van der Waals surface area contributed by atoms with Crippen LogP contribution in [0.2, 0.25) is 0 Å². The Morgan fingerprint density at radius 2 is 1.88 bits per heavy atom. The van der Waals surface area contributed by atoms with E-state index in [1.54, 1.807) is 29.2 Å². The van der Waals surface area contributed by atoms with E-state index in [1.165, 1.54) is 6.26 Å². The van der Waals surface area contributed by atoms with E-state index in [-0.39, 0.29) is 24.3 Å². The summed E-state index contributed by atoms with van der Waals surface area (Å²) < 4.78 is 5.11. The summed E-state index contributed by atoms with van der Waals surface area (Å²) >= 11 is 0. The van der Waals surface area contributed by atoms with Crippen molar-refractivity contribution in [3.63, 3.8) is 0 Å². The summed E-state index contributed by atoms with van der Waals surface area (Å²) in [4.78, 5) is 26.5. The molecule has 1 fully saturated rings. The molecule has 132 valence electrons. The third-order valence-corrected chi connectivity index (χ3v) is 4.51. The molecule has 2 amide bonds. The molecule has 0 unspecified atom stereocenters. The van der Waals surface area contributed by atoms with Crippen molar-refractivity contribution >= 4 is 11.8 Å². The number of amides is 2. The zero-order chi connectivity index (χ0) is 17.6. The minimum absolute atomic E-state index is 0.00713. The maximum absolute atomic E-state index is 12.4. The lowest BCUT2D eigenvalue weighted by molar-refractivity contribution is -0.126. The van der Waals surface area contributed by atoms with Crippen LogP contribution in [-0.4, -0.2) is 41.5 Å². The Morgan fingerprint density at radius 3 is 2.52 bits per heavy atom.